The summed E-state index contributed by atoms with van der Waals surface area (Å²) in [6.45, 7) is 1.65. The fourth-order valence-electron chi connectivity index (χ4n) is 3.21. The van der Waals surface area contributed by atoms with Gasteiger partial charge in [0.15, 0.2) is 0 Å². The first-order valence-electron chi connectivity index (χ1n) is 7.22. The Morgan fingerprint density at radius 3 is 2.59 bits per heavy atom. The minimum absolute atomic E-state index is 0.235. The van der Waals surface area contributed by atoms with Gasteiger partial charge in [-0.3, -0.25) is 0 Å². The number of aliphatic hydroxyl groups excluding tert-OH is 1. The van der Waals surface area contributed by atoms with Crippen molar-refractivity contribution in [3.8, 4) is 0 Å². The molecule has 0 radical (unpaired) electrons. The Hall–Kier alpha value is -0.120. The highest BCUT2D eigenvalue weighted by Crippen LogP contribution is 2.31. The highest BCUT2D eigenvalue weighted by atomic mass is 16.5. The summed E-state index contributed by atoms with van der Waals surface area (Å²) in [7, 11) is 2.00. The van der Waals surface area contributed by atoms with Crippen LogP contribution in [-0.4, -0.2) is 37.5 Å². The zero-order valence-corrected chi connectivity index (χ0v) is 11.0. The van der Waals surface area contributed by atoms with Crippen LogP contribution in [-0.2, 0) is 4.74 Å². The second-order valence-electron chi connectivity index (χ2n) is 5.89. The van der Waals surface area contributed by atoms with Gasteiger partial charge in [-0.05, 0) is 44.7 Å². The van der Waals surface area contributed by atoms with Crippen LogP contribution in [0.2, 0.25) is 0 Å². The SMILES string of the molecule is CNCC1CC(OCC(O)CC2CCCC2)C1. The normalized spacial score (nSPS) is 31.4. The Morgan fingerprint density at radius 1 is 1.24 bits per heavy atom. The smallest absolute Gasteiger partial charge is 0.0776 e. The molecule has 2 aliphatic carbocycles. The molecule has 0 aliphatic heterocycles. The van der Waals surface area contributed by atoms with Crippen LogP contribution in [0, 0.1) is 11.8 Å². The van der Waals surface area contributed by atoms with Crippen LogP contribution in [0.4, 0.5) is 0 Å². The summed E-state index contributed by atoms with van der Waals surface area (Å²) in [6, 6.07) is 0. The maximum Gasteiger partial charge on any atom is 0.0776 e. The Labute approximate surface area is 105 Å². The first-order valence-corrected chi connectivity index (χ1v) is 7.22. The molecule has 1 atom stereocenters. The van der Waals surface area contributed by atoms with Gasteiger partial charge in [-0.15, -0.1) is 0 Å². The van der Waals surface area contributed by atoms with Crippen LogP contribution in [0.25, 0.3) is 0 Å². The van der Waals surface area contributed by atoms with Crippen molar-refractivity contribution in [2.24, 2.45) is 11.8 Å². The molecule has 0 bridgehead atoms. The van der Waals surface area contributed by atoms with Gasteiger partial charge in [-0.1, -0.05) is 25.7 Å². The van der Waals surface area contributed by atoms with Crippen LogP contribution >= 0.6 is 0 Å². The summed E-state index contributed by atoms with van der Waals surface area (Å²) in [5, 5.41) is 13.1. The summed E-state index contributed by atoms with van der Waals surface area (Å²) in [5.74, 6) is 1.55. The highest BCUT2D eigenvalue weighted by molar-refractivity contribution is 4.81. The number of hydrogen-bond donors (Lipinski definition) is 2. The van der Waals surface area contributed by atoms with Gasteiger partial charge in [0.25, 0.3) is 0 Å². The molecule has 0 saturated heterocycles. The molecule has 2 fully saturated rings. The van der Waals surface area contributed by atoms with Gasteiger partial charge in [0.05, 0.1) is 18.8 Å². The van der Waals surface area contributed by atoms with Gasteiger partial charge in [-0.25, -0.2) is 0 Å². The lowest BCUT2D eigenvalue weighted by Gasteiger charge is -2.35. The minimum Gasteiger partial charge on any atom is -0.391 e. The molecular weight excluding hydrogens is 214 g/mol. The molecule has 3 nitrogen and oxygen atoms in total. The van der Waals surface area contributed by atoms with Crippen LogP contribution in [0.15, 0.2) is 0 Å². The number of rotatable bonds is 7. The topological polar surface area (TPSA) is 41.5 Å². The lowest BCUT2D eigenvalue weighted by atomic mass is 9.82. The van der Waals surface area contributed by atoms with E-state index < -0.39 is 0 Å². The monoisotopic (exact) mass is 241 g/mol. The summed E-state index contributed by atoms with van der Waals surface area (Å²) in [4.78, 5) is 0. The van der Waals surface area contributed by atoms with E-state index in [1.165, 1.54) is 25.7 Å². The van der Waals surface area contributed by atoms with Crippen molar-refractivity contribution < 1.29 is 9.84 Å². The lowest BCUT2D eigenvalue weighted by molar-refractivity contribution is -0.0674. The molecule has 2 rings (SSSR count). The van der Waals surface area contributed by atoms with E-state index >= 15 is 0 Å². The summed E-state index contributed by atoms with van der Waals surface area (Å²) in [6.07, 6.45) is 8.78. The van der Waals surface area contributed by atoms with Crippen molar-refractivity contribution in [1.82, 2.24) is 5.32 Å². The van der Waals surface area contributed by atoms with Crippen LogP contribution in [0.5, 0.6) is 0 Å². The zero-order valence-electron chi connectivity index (χ0n) is 11.0. The van der Waals surface area contributed by atoms with Gasteiger partial charge in [0.2, 0.25) is 0 Å². The standard InChI is InChI=1S/C14H27NO2/c1-15-9-12-7-14(8-12)17-10-13(16)6-11-4-2-3-5-11/h11-16H,2-10H2,1H3. The molecule has 17 heavy (non-hydrogen) atoms. The van der Waals surface area contributed by atoms with E-state index in [1.54, 1.807) is 0 Å². The predicted molar refractivity (Wildman–Crippen MR) is 69.0 cm³/mol. The van der Waals surface area contributed by atoms with E-state index in [0.29, 0.717) is 12.7 Å². The molecule has 3 heteroatoms. The average Bonchev–Trinajstić information content (AvgIpc) is 2.74. The van der Waals surface area contributed by atoms with E-state index in [-0.39, 0.29) is 6.10 Å². The number of ether oxygens (including phenoxy) is 1. The van der Waals surface area contributed by atoms with E-state index in [0.717, 1.165) is 37.6 Å². The lowest BCUT2D eigenvalue weighted by Crippen LogP contribution is -2.38. The zero-order chi connectivity index (χ0) is 12.1. The first-order chi connectivity index (χ1) is 8.28. The van der Waals surface area contributed by atoms with Gasteiger partial charge in [-0.2, -0.15) is 0 Å². The van der Waals surface area contributed by atoms with Crippen molar-refractivity contribution in [1.29, 1.82) is 0 Å². The first kappa shape index (κ1) is 13.3. The quantitative estimate of drug-likeness (QED) is 0.716. The van der Waals surface area contributed by atoms with E-state index in [9.17, 15) is 5.11 Å². The maximum atomic E-state index is 9.91. The molecule has 2 saturated carbocycles. The fraction of sp³-hybridized carbons (Fsp3) is 1.00. The van der Waals surface area contributed by atoms with Gasteiger partial charge >= 0.3 is 0 Å². The molecule has 0 amide bonds. The molecule has 0 aromatic heterocycles. The van der Waals surface area contributed by atoms with Crippen LogP contribution in [0.3, 0.4) is 0 Å². The maximum absolute atomic E-state index is 9.91. The van der Waals surface area contributed by atoms with Crippen molar-refractivity contribution in [2.75, 3.05) is 20.2 Å². The molecule has 2 N–H and O–H groups in total. The second-order valence-corrected chi connectivity index (χ2v) is 5.89. The number of hydrogen-bond acceptors (Lipinski definition) is 3. The van der Waals surface area contributed by atoms with Gasteiger partial charge in [0.1, 0.15) is 0 Å². The highest BCUT2D eigenvalue weighted by Gasteiger charge is 2.29. The predicted octanol–water partition coefficient (Wildman–Crippen LogP) is 1.94. The van der Waals surface area contributed by atoms with Crippen LogP contribution < -0.4 is 5.32 Å². The third-order valence-corrected chi connectivity index (χ3v) is 4.29. The summed E-state index contributed by atoms with van der Waals surface area (Å²) >= 11 is 0. The Balaban J connectivity index is 1.50. The third kappa shape index (κ3) is 4.23. The van der Waals surface area contributed by atoms with Crippen LogP contribution in [0.1, 0.15) is 44.9 Å². The average molecular weight is 241 g/mol. The molecule has 100 valence electrons. The molecule has 2 aliphatic rings. The number of nitrogens with one attached hydrogen (secondary N) is 1. The third-order valence-electron chi connectivity index (χ3n) is 4.29. The molecule has 1 unspecified atom stereocenters. The minimum atomic E-state index is -0.235. The fourth-order valence-corrected chi connectivity index (χ4v) is 3.21. The Kier molecular flexibility index (Phi) is 5.26. The molecule has 0 aromatic carbocycles. The summed E-state index contributed by atoms with van der Waals surface area (Å²) < 4.78 is 5.75. The molecule has 0 aromatic rings. The second kappa shape index (κ2) is 6.72. The van der Waals surface area contributed by atoms with Crippen molar-refractivity contribution in [3.05, 3.63) is 0 Å². The molecule has 0 heterocycles. The Morgan fingerprint density at radius 2 is 1.94 bits per heavy atom. The van der Waals surface area contributed by atoms with E-state index in [1.807, 2.05) is 7.05 Å². The van der Waals surface area contributed by atoms with Crippen molar-refractivity contribution >= 4 is 0 Å². The molecular formula is C14H27NO2. The summed E-state index contributed by atoms with van der Waals surface area (Å²) in [5.41, 5.74) is 0. The Bertz CT molecular complexity index is 210. The van der Waals surface area contributed by atoms with E-state index in [4.69, 9.17) is 4.74 Å². The molecule has 0 spiro atoms. The van der Waals surface area contributed by atoms with Crippen molar-refractivity contribution in [2.45, 2.75) is 57.2 Å². The van der Waals surface area contributed by atoms with Gasteiger partial charge < -0.3 is 15.2 Å². The van der Waals surface area contributed by atoms with Gasteiger partial charge in [0, 0.05) is 0 Å². The largest absolute Gasteiger partial charge is 0.391 e. The van der Waals surface area contributed by atoms with Crippen molar-refractivity contribution in [3.63, 3.8) is 0 Å². The van der Waals surface area contributed by atoms with E-state index in [2.05, 4.69) is 5.32 Å². The number of aliphatic hydroxyl groups is 1.